The fourth-order valence-corrected chi connectivity index (χ4v) is 2.45. The highest BCUT2D eigenvalue weighted by Crippen LogP contribution is 2.35. The largest absolute Gasteiger partial charge is 0.481 e. The molecule has 21 heavy (non-hydrogen) atoms. The van der Waals surface area contributed by atoms with Gasteiger partial charge in [-0.2, -0.15) is 0 Å². The number of urea groups is 1. The van der Waals surface area contributed by atoms with Crippen LogP contribution in [0.15, 0.2) is 0 Å². The van der Waals surface area contributed by atoms with Crippen molar-refractivity contribution in [2.75, 3.05) is 26.8 Å². The van der Waals surface area contributed by atoms with Crippen LogP contribution in [0.4, 0.5) is 4.79 Å². The first-order valence-electron chi connectivity index (χ1n) is 7.66. The lowest BCUT2D eigenvalue weighted by molar-refractivity contribution is -0.137. The smallest absolute Gasteiger partial charge is 0.320 e. The summed E-state index contributed by atoms with van der Waals surface area (Å²) in [5.41, 5.74) is 0. The molecule has 0 radical (unpaired) electrons. The second-order valence-corrected chi connectivity index (χ2v) is 5.98. The van der Waals surface area contributed by atoms with E-state index in [1.807, 2.05) is 18.7 Å². The van der Waals surface area contributed by atoms with E-state index in [0.717, 1.165) is 12.8 Å². The summed E-state index contributed by atoms with van der Waals surface area (Å²) >= 11 is 0. The molecule has 0 saturated heterocycles. The highest BCUT2D eigenvalue weighted by molar-refractivity contribution is 5.76. The highest BCUT2D eigenvalue weighted by atomic mass is 16.5. The first-order chi connectivity index (χ1) is 9.88. The van der Waals surface area contributed by atoms with Gasteiger partial charge in [-0.05, 0) is 39.5 Å². The van der Waals surface area contributed by atoms with Crippen LogP contribution in [-0.4, -0.2) is 65.8 Å². The number of ether oxygens (including phenoxy) is 1. The summed E-state index contributed by atoms with van der Waals surface area (Å²) in [6.07, 6.45) is 2.29. The summed E-state index contributed by atoms with van der Waals surface area (Å²) in [5, 5.41) is 8.84. The SMILES string of the molecule is COCCN(C(=O)N(CCC(=O)O)C(C)C)C(C)C1CC1. The van der Waals surface area contributed by atoms with Gasteiger partial charge in [-0.1, -0.05) is 0 Å². The second kappa shape index (κ2) is 8.22. The van der Waals surface area contributed by atoms with Gasteiger partial charge in [0, 0.05) is 32.3 Å². The molecule has 1 unspecified atom stereocenters. The molecule has 0 heterocycles. The molecule has 6 nitrogen and oxygen atoms in total. The molecule has 0 spiro atoms. The maximum absolute atomic E-state index is 12.8. The standard InChI is InChI=1S/C15H28N2O4/c1-11(2)16(8-7-14(18)19)15(20)17(9-10-21-4)12(3)13-5-6-13/h11-13H,5-10H2,1-4H3,(H,18,19). The fraction of sp³-hybridized carbons (Fsp3) is 0.867. The summed E-state index contributed by atoms with van der Waals surface area (Å²) < 4.78 is 5.10. The van der Waals surface area contributed by atoms with Gasteiger partial charge in [-0.15, -0.1) is 0 Å². The van der Waals surface area contributed by atoms with E-state index in [1.54, 1.807) is 12.0 Å². The summed E-state index contributed by atoms with van der Waals surface area (Å²) in [6, 6.07) is 0.0785. The third-order valence-electron chi connectivity index (χ3n) is 4.01. The summed E-state index contributed by atoms with van der Waals surface area (Å²) in [5.74, 6) is -0.313. The van der Waals surface area contributed by atoms with Crippen molar-refractivity contribution < 1.29 is 19.4 Å². The Hall–Kier alpha value is -1.30. The lowest BCUT2D eigenvalue weighted by atomic mass is 10.2. The zero-order chi connectivity index (χ0) is 16.0. The highest BCUT2D eigenvalue weighted by Gasteiger charge is 2.36. The number of methoxy groups -OCH3 is 1. The number of aliphatic carboxylic acids is 1. The normalized spacial score (nSPS) is 15.9. The first-order valence-corrected chi connectivity index (χ1v) is 7.66. The van der Waals surface area contributed by atoms with Crippen LogP contribution in [0.1, 0.15) is 40.0 Å². The molecule has 1 saturated carbocycles. The zero-order valence-corrected chi connectivity index (χ0v) is 13.5. The van der Waals surface area contributed by atoms with Crippen LogP contribution in [0.5, 0.6) is 0 Å². The van der Waals surface area contributed by atoms with Crippen LogP contribution in [0.25, 0.3) is 0 Å². The molecule has 6 heteroatoms. The van der Waals surface area contributed by atoms with Gasteiger partial charge >= 0.3 is 12.0 Å². The average molecular weight is 300 g/mol. The van der Waals surface area contributed by atoms with E-state index in [9.17, 15) is 9.59 Å². The Morgan fingerprint density at radius 2 is 1.81 bits per heavy atom. The van der Waals surface area contributed by atoms with E-state index >= 15 is 0 Å². The average Bonchev–Trinajstić information content (AvgIpc) is 3.22. The Kier molecular flexibility index (Phi) is 6.95. The van der Waals surface area contributed by atoms with Crippen LogP contribution in [0.2, 0.25) is 0 Å². The second-order valence-electron chi connectivity index (χ2n) is 5.98. The molecule has 1 rings (SSSR count). The Labute approximate surface area is 127 Å². The number of carbonyl (C=O) groups excluding carboxylic acids is 1. The summed E-state index contributed by atoms with van der Waals surface area (Å²) in [4.78, 5) is 27.0. The molecule has 2 amide bonds. The van der Waals surface area contributed by atoms with E-state index < -0.39 is 5.97 Å². The Morgan fingerprint density at radius 3 is 2.24 bits per heavy atom. The van der Waals surface area contributed by atoms with E-state index in [4.69, 9.17) is 9.84 Å². The zero-order valence-electron chi connectivity index (χ0n) is 13.5. The van der Waals surface area contributed by atoms with Crippen LogP contribution in [0, 0.1) is 5.92 Å². The third-order valence-corrected chi connectivity index (χ3v) is 4.01. The maximum atomic E-state index is 12.8. The van der Waals surface area contributed by atoms with E-state index in [2.05, 4.69) is 6.92 Å². The predicted octanol–water partition coefficient (Wildman–Crippen LogP) is 2.04. The molecule has 1 aliphatic carbocycles. The Morgan fingerprint density at radius 1 is 1.19 bits per heavy atom. The number of carboxylic acids is 1. The molecule has 0 bridgehead atoms. The van der Waals surface area contributed by atoms with Crippen molar-refractivity contribution >= 4 is 12.0 Å². The van der Waals surface area contributed by atoms with Crippen molar-refractivity contribution in [3.05, 3.63) is 0 Å². The van der Waals surface area contributed by atoms with Crippen molar-refractivity contribution in [1.82, 2.24) is 9.80 Å². The van der Waals surface area contributed by atoms with Crippen molar-refractivity contribution in [2.45, 2.75) is 52.1 Å². The van der Waals surface area contributed by atoms with E-state index in [1.165, 1.54) is 0 Å². The third kappa shape index (κ3) is 5.53. The van der Waals surface area contributed by atoms with Crippen molar-refractivity contribution in [2.24, 2.45) is 5.92 Å². The van der Waals surface area contributed by atoms with Crippen molar-refractivity contribution in [3.63, 3.8) is 0 Å². The van der Waals surface area contributed by atoms with Crippen molar-refractivity contribution in [1.29, 1.82) is 0 Å². The molecular weight excluding hydrogens is 272 g/mol. The molecule has 1 atom stereocenters. The van der Waals surface area contributed by atoms with E-state index in [-0.39, 0.29) is 31.1 Å². The number of hydrogen-bond donors (Lipinski definition) is 1. The molecule has 1 aliphatic rings. The lowest BCUT2D eigenvalue weighted by Crippen LogP contribution is -2.51. The van der Waals surface area contributed by atoms with Gasteiger partial charge in [0.1, 0.15) is 0 Å². The number of nitrogens with zero attached hydrogens (tertiary/aromatic N) is 2. The molecule has 122 valence electrons. The first kappa shape index (κ1) is 17.8. The van der Waals surface area contributed by atoms with Crippen LogP contribution in [0.3, 0.4) is 0 Å². The molecule has 1 N–H and O–H groups in total. The minimum absolute atomic E-state index is 0.0201. The van der Waals surface area contributed by atoms with Crippen molar-refractivity contribution in [3.8, 4) is 0 Å². The van der Waals surface area contributed by atoms with Crippen LogP contribution < -0.4 is 0 Å². The van der Waals surface area contributed by atoms with Gasteiger partial charge in [-0.3, -0.25) is 4.79 Å². The minimum Gasteiger partial charge on any atom is -0.481 e. The Balaban J connectivity index is 2.75. The molecule has 1 fully saturated rings. The topological polar surface area (TPSA) is 70.1 Å². The predicted molar refractivity (Wildman–Crippen MR) is 80.3 cm³/mol. The molecule has 0 aromatic carbocycles. The number of amides is 2. The minimum atomic E-state index is -0.882. The van der Waals surface area contributed by atoms with Gasteiger partial charge in [0.25, 0.3) is 0 Å². The lowest BCUT2D eigenvalue weighted by Gasteiger charge is -2.36. The number of carbonyl (C=O) groups is 2. The van der Waals surface area contributed by atoms with Crippen LogP contribution >= 0.6 is 0 Å². The molecular formula is C15H28N2O4. The molecule has 0 aromatic heterocycles. The maximum Gasteiger partial charge on any atom is 0.320 e. The number of rotatable bonds is 9. The fourth-order valence-electron chi connectivity index (χ4n) is 2.45. The van der Waals surface area contributed by atoms with Crippen LogP contribution in [-0.2, 0) is 9.53 Å². The summed E-state index contributed by atoms with van der Waals surface area (Å²) in [7, 11) is 1.62. The number of carboxylic acid groups (broad SMARTS) is 1. The van der Waals surface area contributed by atoms with Gasteiger partial charge < -0.3 is 19.6 Å². The number of hydrogen-bond acceptors (Lipinski definition) is 3. The van der Waals surface area contributed by atoms with Gasteiger partial charge in [0.05, 0.1) is 13.0 Å². The quantitative estimate of drug-likeness (QED) is 0.707. The molecule has 0 aliphatic heterocycles. The van der Waals surface area contributed by atoms with E-state index in [0.29, 0.717) is 19.1 Å². The van der Waals surface area contributed by atoms with Gasteiger partial charge in [0.15, 0.2) is 0 Å². The molecule has 0 aromatic rings. The summed E-state index contributed by atoms with van der Waals surface area (Å²) in [6.45, 7) is 7.18. The van der Waals surface area contributed by atoms with Gasteiger partial charge in [0.2, 0.25) is 0 Å². The Bertz CT molecular complexity index is 356. The van der Waals surface area contributed by atoms with Gasteiger partial charge in [-0.25, -0.2) is 4.79 Å². The monoisotopic (exact) mass is 300 g/mol.